The molecule has 104 valence electrons. The van der Waals surface area contributed by atoms with Crippen molar-refractivity contribution in [3.63, 3.8) is 0 Å². The Morgan fingerprint density at radius 2 is 2.05 bits per heavy atom. The highest BCUT2D eigenvalue weighted by molar-refractivity contribution is 5.80. The average Bonchev–Trinajstić information content (AvgIpc) is 2.31. The van der Waals surface area contributed by atoms with Gasteiger partial charge in [-0.3, -0.25) is 4.79 Å². The molecule has 0 aromatic heterocycles. The maximum atomic E-state index is 11.8. The van der Waals surface area contributed by atoms with Gasteiger partial charge in [-0.1, -0.05) is 24.3 Å². The van der Waals surface area contributed by atoms with E-state index in [0.717, 1.165) is 6.42 Å². The SMILES string of the molecule is O=C(CCOCC(F)(F)F)CC1Cc2ccccc21. The molecule has 0 radical (unpaired) electrons. The van der Waals surface area contributed by atoms with Crippen LogP contribution in [-0.2, 0) is 16.0 Å². The number of ketones is 1. The van der Waals surface area contributed by atoms with Gasteiger partial charge in [0.25, 0.3) is 0 Å². The molecule has 1 atom stereocenters. The average molecular weight is 272 g/mol. The molecule has 2 rings (SSSR count). The summed E-state index contributed by atoms with van der Waals surface area (Å²) in [6, 6.07) is 7.92. The Morgan fingerprint density at radius 3 is 2.74 bits per heavy atom. The van der Waals surface area contributed by atoms with Gasteiger partial charge >= 0.3 is 6.18 Å². The van der Waals surface area contributed by atoms with Crippen LogP contribution in [0.3, 0.4) is 0 Å². The summed E-state index contributed by atoms with van der Waals surface area (Å²) < 4.78 is 39.9. The van der Waals surface area contributed by atoms with Gasteiger partial charge in [-0.2, -0.15) is 13.2 Å². The van der Waals surface area contributed by atoms with Crippen LogP contribution in [0.2, 0.25) is 0 Å². The van der Waals surface area contributed by atoms with Crippen LogP contribution in [0, 0.1) is 0 Å². The molecule has 2 nitrogen and oxygen atoms in total. The zero-order valence-corrected chi connectivity index (χ0v) is 10.4. The summed E-state index contributed by atoms with van der Waals surface area (Å²) in [4.78, 5) is 11.6. The lowest BCUT2D eigenvalue weighted by Crippen LogP contribution is -2.21. The van der Waals surface area contributed by atoms with E-state index in [-0.39, 0.29) is 24.7 Å². The number of alkyl halides is 3. The van der Waals surface area contributed by atoms with Crippen molar-refractivity contribution in [1.29, 1.82) is 0 Å². The monoisotopic (exact) mass is 272 g/mol. The van der Waals surface area contributed by atoms with Crippen LogP contribution < -0.4 is 0 Å². The summed E-state index contributed by atoms with van der Waals surface area (Å²) in [5, 5.41) is 0. The molecule has 0 aliphatic heterocycles. The highest BCUT2D eigenvalue weighted by Crippen LogP contribution is 2.37. The van der Waals surface area contributed by atoms with Gasteiger partial charge in [0, 0.05) is 12.8 Å². The molecular formula is C14H15F3O2. The van der Waals surface area contributed by atoms with Crippen molar-refractivity contribution in [2.24, 2.45) is 0 Å². The van der Waals surface area contributed by atoms with Crippen molar-refractivity contribution in [2.75, 3.05) is 13.2 Å². The fourth-order valence-corrected chi connectivity index (χ4v) is 2.30. The highest BCUT2D eigenvalue weighted by atomic mass is 19.4. The van der Waals surface area contributed by atoms with Crippen LogP contribution in [0.4, 0.5) is 13.2 Å². The van der Waals surface area contributed by atoms with E-state index < -0.39 is 12.8 Å². The first-order valence-corrected chi connectivity index (χ1v) is 6.20. The first-order chi connectivity index (χ1) is 8.96. The van der Waals surface area contributed by atoms with Gasteiger partial charge in [-0.15, -0.1) is 0 Å². The van der Waals surface area contributed by atoms with Gasteiger partial charge in [0.05, 0.1) is 6.61 Å². The number of carbonyl (C=O) groups excluding carboxylic acids is 1. The second kappa shape index (κ2) is 5.74. The summed E-state index contributed by atoms with van der Waals surface area (Å²) in [6.07, 6.45) is -3.00. The summed E-state index contributed by atoms with van der Waals surface area (Å²) in [5.74, 6) is 0.188. The van der Waals surface area contributed by atoms with E-state index in [9.17, 15) is 18.0 Å². The van der Waals surface area contributed by atoms with Gasteiger partial charge < -0.3 is 4.74 Å². The smallest absolute Gasteiger partial charge is 0.372 e. The van der Waals surface area contributed by atoms with Crippen molar-refractivity contribution in [2.45, 2.75) is 31.4 Å². The second-order valence-corrected chi connectivity index (χ2v) is 4.76. The Balaban J connectivity index is 1.67. The number of carbonyl (C=O) groups is 1. The molecule has 0 spiro atoms. The lowest BCUT2D eigenvalue weighted by molar-refractivity contribution is -0.174. The summed E-state index contributed by atoms with van der Waals surface area (Å²) >= 11 is 0. The number of ether oxygens (including phenoxy) is 1. The molecule has 0 heterocycles. The van der Waals surface area contributed by atoms with Crippen LogP contribution in [-0.4, -0.2) is 25.2 Å². The summed E-state index contributed by atoms with van der Waals surface area (Å²) in [6.45, 7) is -1.45. The lowest BCUT2D eigenvalue weighted by atomic mass is 9.75. The fraction of sp³-hybridized carbons (Fsp3) is 0.500. The van der Waals surface area contributed by atoms with E-state index in [2.05, 4.69) is 4.74 Å². The Kier molecular flexibility index (Phi) is 4.24. The van der Waals surface area contributed by atoms with Crippen molar-refractivity contribution < 1.29 is 22.7 Å². The van der Waals surface area contributed by atoms with Crippen LogP contribution in [0.15, 0.2) is 24.3 Å². The van der Waals surface area contributed by atoms with Gasteiger partial charge in [0.15, 0.2) is 0 Å². The third-order valence-electron chi connectivity index (χ3n) is 3.23. The van der Waals surface area contributed by atoms with Gasteiger partial charge in [0.1, 0.15) is 12.4 Å². The molecule has 0 N–H and O–H groups in total. The molecular weight excluding hydrogens is 257 g/mol. The van der Waals surface area contributed by atoms with E-state index >= 15 is 0 Å². The number of Topliss-reactive ketones (excluding diaryl/α,β-unsaturated/α-hetero) is 1. The molecule has 0 amide bonds. The molecule has 1 aliphatic carbocycles. The molecule has 1 unspecified atom stereocenters. The minimum atomic E-state index is -4.32. The number of fused-ring (bicyclic) bond motifs is 1. The molecule has 0 bridgehead atoms. The lowest BCUT2D eigenvalue weighted by Gasteiger charge is -2.29. The Bertz CT molecular complexity index is 454. The van der Waals surface area contributed by atoms with E-state index in [1.807, 2.05) is 24.3 Å². The topological polar surface area (TPSA) is 26.3 Å². The van der Waals surface area contributed by atoms with Gasteiger partial charge in [-0.25, -0.2) is 0 Å². The molecule has 0 fully saturated rings. The van der Waals surface area contributed by atoms with Crippen molar-refractivity contribution >= 4 is 5.78 Å². The number of hydrogen-bond donors (Lipinski definition) is 0. The molecule has 1 aromatic carbocycles. The Morgan fingerprint density at radius 1 is 1.32 bits per heavy atom. The second-order valence-electron chi connectivity index (χ2n) is 4.76. The normalized spacial score (nSPS) is 17.7. The quantitative estimate of drug-likeness (QED) is 0.743. The minimum Gasteiger partial charge on any atom is -0.372 e. The zero-order chi connectivity index (χ0) is 13.9. The van der Waals surface area contributed by atoms with Crippen molar-refractivity contribution in [3.8, 4) is 0 Å². The van der Waals surface area contributed by atoms with Gasteiger partial charge in [0.2, 0.25) is 0 Å². The predicted octanol–water partition coefficient (Wildman–Crippen LogP) is 3.25. The van der Waals surface area contributed by atoms with Gasteiger partial charge in [-0.05, 0) is 23.5 Å². The summed E-state index contributed by atoms with van der Waals surface area (Å²) in [5.41, 5.74) is 2.45. The zero-order valence-electron chi connectivity index (χ0n) is 10.4. The van der Waals surface area contributed by atoms with Crippen LogP contribution >= 0.6 is 0 Å². The number of hydrogen-bond acceptors (Lipinski definition) is 2. The van der Waals surface area contributed by atoms with Crippen LogP contribution in [0.25, 0.3) is 0 Å². The first kappa shape index (κ1) is 14.1. The highest BCUT2D eigenvalue weighted by Gasteiger charge is 2.28. The number of halogens is 3. The Hall–Kier alpha value is -1.36. The number of benzene rings is 1. The molecule has 1 aliphatic rings. The molecule has 0 saturated heterocycles. The molecule has 0 saturated carbocycles. The van der Waals surface area contributed by atoms with Crippen molar-refractivity contribution in [3.05, 3.63) is 35.4 Å². The maximum Gasteiger partial charge on any atom is 0.411 e. The number of rotatable bonds is 6. The molecule has 19 heavy (non-hydrogen) atoms. The standard InChI is InChI=1S/C14H15F3O2/c15-14(16,17)9-19-6-5-12(18)8-11-7-10-3-1-2-4-13(10)11/h1-4,11H,5-9H2. The Labute approximate surface area is 109 Å². The third-order valence-corrected chi connectivity index (χ3v) is 3.23. The van der Waals surface area contributed by atoms with E-state index in [1.165, 1.54) is 11.1 Å². The van der Waals surface area contributed by atoms with E-state index in [4.69, 9.17) is 0 Å². The van der Waals surface area contributed by atoms with E-state index in [0.29, 0.717) is 6.42 Å². The van der Waals surface area contributed by atoms with Crippen molar-refractivity contribution in [1.82, 2.24) is 0 Å². The van der Waals surface area contributed by atoms with E-state index in [1.54, 1.807) is 0 Å². The van der Waals surface area contributed by atoms with Crippen LogP contribution in [0.1, 0.15) is 29.9 Å². The summed E-state index contributed by atoms with van der Waals surface area (Å²) in [7, 11) is 0. The third kappa shape index (κ3) is 4.06. The molecule has 5 heteroatoms. The predicted molar refractivity (Wildman–Crippen MR) is 64.0 cm³/mol. The first-order valence-electron chi connectivity index (χ1n) is 6.20. The minimum absolute atomic E-state index is 0.0401. The molecule has 1 aromatic rings. The fourth-order valence-electron chi connectivity index (χ4n) is 2.30. The maximum absolute atomic E-state index is 11.8. The largest absolute Gasteiger partial charge is 0.411 e. The van der Waals surface area contributed by atoms with Crippen LogP contribution in [0.5, 0.6) is 0 Å².